The number of nitrogens with one attached hydrogen (secondary N) is 1. The zero-order valence-electron chi connectivity index (χ0n) is 11.9. The molecule has 3 nitrogen and oxygen atoms in total. The van der Waals surface area contributed by atoms with Crippen LogP contribution in [0.2, 0.25) is 0 Å². The Morgan fingerprint density at radius 2 is 1.79 bits per heavy atom. The molecule has 1 heterocycles. The maximum atomic E-state index is 12.4. The second-order valence-electron chi connectivity index (χ2n) is 6.30. The number of rotatable bonds is 3. The molecule has 3 fully saturated rings. The SMILES string of the molecule is CSC1CCCCC1N1C(=O)CNC1C1CCCC1. The van der Waals surface area contributed by atoms with Gasteiger partial charge in [-0.1, -0.05) is 25.7 Å². The van der Waals surface area contributed by atoms with Gasteiger partial charge in [0.15, 0.2) is 0 Å². The fraction of sp³-hybridized carbons (Fsp3) is 0.933. The van der Waals surface area contributed by atoms with E-state index >= 15 is 0 Å². The summed E-state index contributed by atoms with van der Waals surface area (Å²) in [5.74, 6) is 1.05. The molecule has 19 heavy (non-hydrogen) atoms. The minimum Gasteiger partial charge on any atom is -0.322 e. The summed E-state index contributed by atoms with van der Waals surface area (Å²) in [6.45, 7) is 0.568. The number of hydrogen-bond acceptors (Lipinski definition) is 3. The van der Waals surface area contributed by atoms with Gasteiger partial charge in [-0.15, -0.1) is 0 Å². The summed E-state index contributed by atoms with van der Waals surface area (Å²) >= 11 is 1.97. The lowest BCUT2D eigenvalue weighted by molar-refractivity contribution is -0.131. The summed E-state index contributed by atoms with van der Waals surface area (Å²) in [5.41, 5.74) is 0. The van der Waals surface area contributed by atoms with Crippen LogP contribution in [0.15, 0.2) is 0 Å². The molecule has 0 aromatic carbocycles. The molecular formula is C15H26N2OS. The van der Waals surface area contributed by atoms with Crippen molar-refractivity contribution in [3.8, 4) is 0 Å². The minimum atomic E-state index is 0.341. The molecule has 3 atom stereocenters. The van der Waals surface area contributed by atoms with E-state index in [9.17, 15) is 4.79 Å². The molecule has 1 aliphatic heterocycles. The summed E-state index contributed by atoms with van der Waals surface area (Å²) in [6, 6.07) is 0.483. The number of nitrogens with zero attached hydrogens (tertiary/aromatic N) is 1. The average Bonchev–Trinajstić information content (AvgIpc) is 3.07. The molecule has 1 amide bonds. The van der Waals surface area contributed by atoms with Crippen LogP contribution in [-0.4, -0.2) is 41.1 Å². The van der Waals surface area contributed by atoms with Crippen LogP contribution in [0, 0.1) is 5.92 Å². The van der Waals surface area contributed by atoms with Crippen molar-refractivity contribution in [2.45, 2.75) is 68.8 Å². The molecule has 0 aromatic heterocycles. The first-order valence-corrected chi connectivity index (χ1v) is 9.17. The molecule has 1 saturated heterocycles. The van der Waals surface area contributed by atoms with Crippen molar-refractivity contribution >= 4 is 17.7 Å². The fourth-order valence-corrected chi connectivity index (χ4v) is 5.25. The second kappa shape index (κ2) is 6.04. The van der Waals surface area contributed by atoms with Crippen LogP contribution in [0.4, 0.5) is 0 Å². The standard InChI is InChI=1S/C15H26N2OS/c1-19-13-9-5-4-8-12(13)17-14(18)10-16-15(17)11-6-2-3-7-11/h11-13,15-16H,2-10H2,1H3. The molecule has 3 aliphatic rings. The molecule has 2 saturated carbocycles. The van der Waals surface area contributed by atoms with Gasteiger partial charge < -0.3 is 4.90 Å². The molecule has 1 N–H and O–H groups in total. The predicted octanol–water partition coefficient (Wildman–Crippen LogP) is 2.61. The fourth-order valence-electron chi connectivity index (χ4n) is 4.27. The largest absolute Gasteiger partial charge is 0.322 e. The highest BCUT2D eigenvalue weighted by molar-refractivity contribution is 7.99. The van der Waals surface area contributed by atoms with E-state index in [1.807, 2.05) is 11.8 Å². The Morgan fingerprint density at radius 1 is 1.11 bits per heavy atom. The average molecular weight is 282 g/mol. The molecule has 3 unspecified atom stereocenters. The highest BCUT2D eigenvalue weighted by Crippen LogP contribution is 2.37. The van der Waals surface area contributed by atoms with Crippen LogP contribution in [0.25, 0.3) is 0 Å². The summed E-state index contributed by atoms with van der Waals surface area (Å²) in [7, 11) is 0. The van der Waals surface area contributed by atoms with E-state index in [1.54, 1.807) is 0 Å². The summed E-state index contributed by atoms with van der Waals surface area (Å²) in [5, 5.41) is 4.16. The Morgan fingerprint density at radius 3 is 2.53 bits per heavy atom. The van der Waals surface area contributed by atoms with E-state index in [1.165, 1.54) is 51.4 Å². The van der Waals surface area contributed by atoms with Crippen molar-refractivity contribution in [1.29, 1.82) is 0 Å². The molecule has 3 rings (SSSR count). The lowest BCUT2D eigenvalue weighted by atomic mass is 9.92. The number of thioether (sulfide) groups is 1. The smallest absolute Gasteiger partial charge is 0.238 e. The zero-order valence-corrected chi connectivity index (χ0v) is 12.8. The minimum absolute atomic E-state index is 0.341. The third-order valence-corrected chi connectivity index (χ3v) is 6.38. The highest BCUT2D eigenvalue weighted by atomic mass is 32.2. The third kappa shape index (κ3) is 2.66. The van der Waals surface area contributed by atoms with Crippen LogP contribution in [0.3, 0.4) is 0 Å². The van der Waals surface area contributed by atoms with Gasteiger partial charge in [0, 0.05) is 11.3 Å². The van der Waals surface area contributed by atoms with Crippen LogP contribution < -0.4 is 5.32 Å². The van der Waals surface area contributed by atoms with Gasteiger partial charge in [-0.25, -0.2) is 0 Å². The number of carbonyl (C=O) groups excluding carboxylic acids is 1. The molecule has 0 bridgehead atoms. The van der Waals surface area contributed by atoms with Crippen LogP contribution in [-0.2, 0) is 4.79 Å². The monoisotopic (exact) mass is 282 g/mol. The van der Waals surface area contributed by atoms with E-state index in [-0.39, 0.29) is 0 Å². The maximum Gasteiger partial charge on any atom is 0.238 e. The normalized spacial score (nSPS) is 37.2. The predicted molar refractivity (Wildman–Crippen MR) is 80.2 cm³/mol. The lowest BCUT2D eigenvalue weighted by Gasteiger charge is -2.41. The Labute approximate surface area is 120 Å². The molecular weight excluding hydrogens is 256 g/mol. The van der Waals surface area contributed by atoms with Crippen LogP contribution >= 0.6 is 11.8 Å². The third-order valence-electron chi connectivity index (χ3n) is 5.22. The topological polar surface area (TPSA) is 32.3 Å². The van der Waals surface area contributed by atoms with Gasteiger partial charge in [-0.2, -0.15) is 11.8 Å². The van der Waals surface area contributed by atoms with Crippen molar-refractivity contribution in [2.24, 2.45) is 5.92 Å². The summed E-state index contributed by atoms with van der Waals surface area (Å²) in [4.78, 5) is 14.6. The van der Waals surface area contributed by atoms with Gasteiger partial charge in [0.25, 0.3) is 0 Å². The van der Waals surface area contributed by atoms with Crippen molar-refractivity contribution in [3.63, 3.8) is 0 Å². The molecule has 0 spiro atoms. The highest BCUT2D eigenvalue weighted by Gasteiger charge is 2.43. The molecule has 2 aliphatic carbocycles. The summed E-state index contributed by atoms with van der Waals surface area (Å²) in [6.07, 6.45) is 13.0. The molecule has 108 valence electrons. The number of carbonyl (C=O) groups is 1. The van der Waals surface area contributed by atoms with Gasteiger partial charge in [-0.3, -0.25) is 10.1 Å². The quantitative estimate of drug-likeness (QED) is 0.863. The van der Waals surface area contributed by atoms with E-state index in [0.29, 0.717) is 35.8 Å². The van der Waals surface area contributed by atoms with E-state index in [4.69, 9.17) is 0 Å². The van der Waals surface area contributed by atoms with Crippen LogP contribution in [0.1, 0.15) is 51.4 Å². The van der Waals surface area contributed by atoms with Gasteiger partial charge in [-0.05, 0) is 37.9 Å². The van der Waals surface area contributed by atoms with Gasteiger partial charge in [0.05, 0.1) is 12.7 Å². The Hall–Kier alpha value is -0.220. The van der Waals surface area contributed by atoms with Crippen molar-refractivity contribution < 1.29 is 4.79 Å². The van der Waals surface area contributed by atoms with Crippen molar-refractivity contribution in [2.75, 3.05) is 12.8 Å². The Balaban J connectivity index is 1.76. The van der Waals surface area contributed by atoms with Crippen LogP contribution in [0.5, 0.6) is 0 Å². The Bertz CT molecular complexity index is 330. The first kappa shape index (κ1) is 13.7. The van der Waals surface area contributed by atoms with Crippen molar-refractivity contribution in [3.05, 3.63) is 0 Å². The summed E-state index contributed by atoms with van der Waals surface area (Å²) < 4.78 is 0. The van der Waals surface area contributed by atoms with E-state index < -0.39 is 0 Å². The number of hydrogen-bond donors (Lipinski definition) is 1. The molecule has 0 aromatic rings. The lowest BCUT2D eigenvalue weighted by Crippen LogP contribution is -2.52. The van der Waals surface area contributed by atoms with Gasteiger partial charge in [0.2, 0.25) is 5.91 Å². The van der Waals surface area contributed by atoms with E-state index in [0.717, 1.165) is 0 Å². The van der Waals surface area contributed by atoms with E-state index in [2.05, 4.69) is 16.5 Å². The second-order valence-corrected chi connectivity index (χ2v) is 7.37. The first-order valence-electron chi connectivity index (χ1n) is 7.88. The maximum absolute atomic E-state index is 12.4. The zero-order chi connectivity index (χ0) is 13.2. The molecule has 4 heteroatoms. The van der Waals surface area contributed by atoms with Gasteiger partial charge >= 0.3 is 0 Å². The Kier molecular flexibility index (Phi) is 4.37. The van der Waals surface area contributed by atoms with Crippen molar-refractivity contribution in [1.82, 2.24) is 10.2 Å². The number of amides is 1. The van der Waals surface area contributed by atoms with Gasteiger partial charge in [0.1, 0.15) is 0 Å². The molecule has 0 radical (unpaired) electrons. The first-order chi connectivity index (χ1) is 9.31.